The van der Waals surface area contributed by atoms with Crippen LogP contribution in [0, 0.1) is 6.92 Å². The zero-order chi connectivity index (χ0) is 17.5. The summed E-state index contributed by atoms with van der Waals surface area (Å²) in [7, 11) is 0. The molecule has 0 unspecified atom stereocenters. The molecule has 1 heterocycles. The Morgan fingerprint density at radius 3 is 2.52 bits per heavy atom. The number of aromatic nitrogens is 1. The van der Waals surface area contributed by atoms with Crippen molar-refractivity contribution >= 4 is 17.5 Å². The quantitative estimate of drug-likeness (QED) is 0.754. The van der Waals surface area contributed by atoms with Gasteiger partial charge in [0, 0.05) is 12.6 Å². The zero-order valence-corrected chi connectivity index (χ0v) is 14.7. The summed E-state index contributed by atoms with van der Waals surface area (Å²) in [6.07, 6.45) is 7.56. The molecule has 5 nitrogen and oxygen atoms in total. The molecule has 5 heteroatoms. The second-order valence-electron chi connectivity index (χ2n) is 6.70. The van der Waals surface area contributed by atoms with Gasteiger partial charge in [0.25, 0.3) is 0 Å². The van der Waals surface area contributed by atoms with Gasteiger partial charge in [-0.15, -0.1) is 0 Å². The normalized spacial score (nSPS) is 14.8. The van der Waals surface area contributed by atoms with Gasteiger partial charge in [-0.1, -0.05) is 49.1 Å². The molecule has 25 heavy (non-hydrogen) atoms. The van der Waals surface area contributed by atoms with Gasteiger partial charge in [0.2, 0.25) is 0 Å². The van der Waals surface area contributed by atoms with Gasteiger partial charge in [-0.2, -0.15) is 0 Å². The minimum Gasteiger partial charge on any atom is -0.380 e. The number of amides is 2. The van der Waals surface area contributed by atoms with Crippen molar-refractivity contribution < 1.29 is 4.79 Å². The van der Waals surface area contributed by atoms with E-state index in [0.717, 1.165) is 25.1 Å². The molecule has 0 saturated heterocycles. The Kier molecular flexibility index (Phi) is 5.88. The van der Waals surface area contributed by atoms with E-state index < -0.39 is 0 Å². The number of nitrogens with one attached hydrogen (secondary N) is 3. The second kappa shape index (κ2) is 8.51. The first-order valence-corrected chi connectivity index (χ1v) is 9.02. The van der Waals surface area contributed by atoms with E-state index >= 15 is 0 Å². The third-order valence-electron chi connectivity index (χ3n) is 4.56. The van der Waals surface area contributed by atoms with Gasteiger partial charge in [0.1, 0.15) is 5.82 Å². The van der Waals surface area contributed by atoms with Crippen LogP contribution in [-0.2, 0) is 6.54 Å². The summed E-state index contributed by atoms with van der Waals surface area (Å²) in [6, 6.07) is 12.3. The van der Waals surface area contributed by atoms with Crippen molar-refractivity contribution in [1.82, 2.24) is 10.3 Å². The summed E-state index contributed by atoms with van der Waals surface area (Å²) in [5.41, 5.74) is 3.41. The van der Waals surface area contributed by atoms with Crippen molar-refractivity contribution in [1.29, 1.82) is 0 Å². The van der Waals surface area contributed by atoms with Gasteiger partial charge < -0.3 is 10.6 Å². The van der Waals surface area contributed by atoms with Gasteiger partial charge >= 0.3 is 6.03 Å². The molecule has 1 saturated carbocycles. The Labute approximate surface area is 149 Å². The number of pyridine rings is 1. The molecule has 3 rings (SSSR count). The molecule has 1 fully saturated rings. The first-order valence-electron chi connectivity index (χ1n) is 9.02. The van der Waals surface area contributed by atoms with Crippen LogP contribution in [0.15, 0.2) is 42.6 Å². The van der Waals surface area contributed by atoms with E-state index in [-0.39, 0.29) is 6.03 Å². The maximum Gasteiger partial charge on any atom is 0.320 e. The summed E-state index contributed by atoms with van der Waals surface area (Å²) in [4.78, 5) is 16.3. The highest BCUT2D eigenvalue weighted by atomic mass is 16.2. The molecule has 1 aromatic heterocycles. The number of carbonyl (C=O) groups excluding carboxylic acids is 1. The third kappa shape index (κ3) is 5.48. The van der Waals surface area contributed by atoms with Gasteiger partial charge in [0.15, 0.2) is 0 Å². The van der Waals surface area contributed by atoms with Crippen LogP contribution < -0.4 is 16.0 Å². The molecule has 0 aliphatic heterocycles. The largest absolute Gasteiger partial charge is 0.380 e. The number of hydrogen-bond donors (Lipinski definition) is 3. The Morgan fingerprint density at radius 1 is 1.08 bits per heavy atom. The smallest absolute Gasteiger partial charge is 0.320 e. The summed E-state index contributed by atoms with van der Waals surface area (Å²) < 4.78 is 0. The number of anilines is 2. The van der Waals surface area contributed by atoms with Gasteiger partial charge in [-0.3, -0.25) is 5.32 Å². The highest BCUT2D eigenvalue weighted by Gasteiger charge is 2.15. The molecule has 1 aromatic carbocycles. The monoisotopic (exact) mass is 338 g/mol. The van der Waals surface area contributed by atoms with E-state index in [9.17, 15) is 4.79 Å². The zero-order valence-electron chi connectivity index (χ0n) is 14.7. The number of hydrogen-bond acceptors (Lipinski definition) is 3. The number of carbonyl (C=O) groups is 1. The van der Waals surface area contributed by atoms with E-state index in [4.69, 9.17) is 0 Å². The fourth-order valence-electron chi connectivity index (χ4n) is 3.07. The lowest BCUT2D eigenvalue weighted by atomic mass is 9.96. The highest BCUT2D eigenvalue weighted by molar-refractivity contribution is 5.88. The van der Waals surface area contributed by atoms with Crippen molar-refractivity contribution in [2.75, 3.05) is 10.6 Å². The van der Waals surface area contributed by atoms with Crippen LogP contribution in [0.5, 0.6) is 0 Å². The highest BCUT2D eigenvalue weighted by Crippen LogP contribution is 2.17. The van der Waals surface area contributed by atoms with Crippen molar-refractivity contribution in [2.24, 2.45) is 0 Å². The molecule has 2 amide bonds. The Morgan fingerprint density at radius 2 is 1.84 bits per heavy atom. The standard InChI is InChI=1S/C20H26N4O/c1-15-7-9-16(10-8-15)13-21-18-11-12-19(22-14-18)24-20(25)23-17-5-3-2-4-6-17/h7-12,14,17,21H,2-6,13H2,1H3,(H2,22,23,24,25). The van der Waals surface area contributed by atoms with Crippen LogP contribution in [0.25, 0.3) is 0 Å². The maximum absolute atomic E-state index is 12.0. The van der Waals surface area contributed by atoms with E-state index in [1.807, 2.05) is 12.1 Å². The number of urea groups is 1. The van der Waals surface area contributed by atoms with Crippen LogP contribution in [0.4, 0.5) is 16.3 Å². The van der Waals surface area contributed by atoms with E-state index in [1.54, 1.807) is 6.20 Å². The first kappa shape index (κ1) is 17.3. The summed E-state index contributed by atoms with van der Waals surface area (Å²) in [6.45, 7) is 2.83. The summed E-state index contributed by atoms with van der Waals surface area (Å²) >= 11 is 0. The maximum atomic E-state index is 12.0. The van der Waals surface area contributed by atoms with Crippen LogP contribution in [0.3, 0.4) is 0 Å². The molecule has 0 radical (unpaired) electrons. The van der Waals surface area contributed by atoms with Crippen molar-refractivity contribution in [2.45, 2.75) is 51.6 Å². The van der Waals surface area contributed by atoms with Gasteiger partial charge in [0.05, 0.1) is 11.9 Å². The number of rotatable bonds is 5. The Balaban J connectivity index is 1.46. The molecule has 0 atom stereocenters. The molecule has 1 aliphatic rings. The number of nitrogens with zero attached hydrogens (tertiary/aromatic N) is 1. The molecule has 132 valence electrons. The number of aryl methyl sites for hydroxylation is 1. The van der Waals surface area contributed by atoms with Crippen LogP contribution in [-0.4, -0.2) is 17.1 Å². The summed E-state index contributed by atoms with van der Waals surface area (Å²) in [5.74, 6) is 0.564. The lowest BCUT2D eigenvalue weighted by molar-refractivity contribution is 0.244. The van der Waals surface area contributed by atoms with Gasteiger partial charge in [-0.25, -0.2) is 9.78 Å². The topological polar surface area (TPSA) is 66.0 Å². The fraction of sp³-hybridized carbons (Fsp3) is 0.400. The van der Waals surface area contributed by atoms with Crippen molar-refractivity contribution in [3.05, 3.63) is 53.7 Å². The molecule has 2 aromatic rings. The average Bonchev–Trinajstić information content (AvgIpc) is 2.63. The summed E-state index contributed by atoms with van der Waals surface area (Å²) in [5, 5.41) is 9.17. The van der Waals surface area contributed by atoms with Crippen molar-refractivity contribution in [3.8, 4) is 0 Å². The third-order valence-corrected chi connectivity index (χ3v) is 4.56. The lowest BCUT2D eigenvalue weighted by Crippen LogP contribution is -2.39. The SMILES string of the molecule is Cc1ccc(CNc2ccc(NC(=O)NC3CCCCC3)nc2)cc1. The second-order valence-corrected chi connectivity index (χ2v) is 6.70. The lowest BCUT2D eigenvalue weighted by Gasteiger charge is -2.22. The van der Waals surface area contributed by atoms with E-state index in [0.29, 0.717) is 11.9 Å². The average molecular weight is 338 g/mol. The predicted molar refractivity (Wildman–Crippen MR) is 102 cm³/mol. The van der Waals surface area contributed by atoms with Crippen LogP contribution in [0.2, 0.25) is 0 Å². The van der Waals surface area contributed by atoms with Crippen LogP contribution in [0.1, 0.15) is 43.2 Å². The number of benzene rings is 1. The van der Waals surface area contributed by atoms with Crippen LogP contribution >= 0.6 is 0 Å². The molecule has 0 spiro atoms. The van der Waals surface area contributed by atoms with E-state index in [1.165, 1.54) is 30.4 Å². The van der Waals surface area contributed by atoms with E-state index in [2.05, 4.69) is 52.1 Å². The molecule has 1 aliphatic carbocycles. The Hall–Kier alpha value is -2.56. The van der Waals surface area contributed by atoms with Crippen molar-refractivity contribution in [3.63, 3.8) is 0 Å². The predicted octanol–water partition coefficient (Wildman–Crippen LogP) is 4.46. The fourth-order valence-corrected chi connectivity index (χ4v) is 3.07. The minimum atomic E-state index is -0.167. The first-order chi connectivity index (χ1) is 12.2. The Bertz CT molecular complexity index is 676. The molecule has 0 bridgehead atoms. The molecular formula is C20H26N4O. The molecular weight excluding hydrogens is 312 g/mol. The van der Waals surface area contributed by atoms with Gasteiger partial charge in [-0.05, 0) is 37.5 Å². The minimum absolute atomic E-state index is 0.167. The molecule has 3 N–H and O–H groups in total.